The van der Waals surface area contributed by atoms with E-state index in [1.54, 1.807) is 19.1 Å². The molecule has 0 amide bonds. The average Bonchev–Trinajstić information content (AvgIpc) is 3.28. The van der Waals surface area contributed by atoms with Gasteiger partial charge in [-0.25, -0.2) is 13.1 Å². The van der Waals surface area contributed by atoms with Crippen LogP contribution < -0.4 is 10.0 Å². The second-order valence-corrected chi connectivity index (χ2v) is 7.21. The summed E-state index contributed by atoms with van der Waals surface area (Å²) in [4.78, 5) is 12.2. The van der Waals surface area contributed by atoms with Crippen LogP contribution in [-0.2, 0) is 10.0 Å². The molecule has 0 aliphatic heterocycles. The maximum atomic E-state index is 11.9. The molecule has 0 saturated carbocycles. The molecule has 0 bridgehead atoms. The van der Waals surface area contributed by atoms with Crippen LogP contribution >= 0.6 is 11.3 Å². The molecule has 0 aliphatic carbocycles. The van der Waals surface area contributed by atoms with E-state index in [2.05, 4.69) is 17.0 Å². The molecule has 0 spiro atoms. The van der Waals surface area contributed by atoms with E-state index in [9.17, 15) is 13.2 Å². The van der Waals surface area contributed by atoms with Gasteiger partial charge in [0.25, 0.3) is 0 Å². The van der Waals surface area contributed by atoms with Gasteiger partial charge in [0.15, 0.2) is 5.76 Å². The molecule has 2 heterocycles. The van der Waals surface area contributed by atoms with E-state index in [-0.39, 0.29) is 15.8 Å². The van der Waals surface area contributed by atoms with E-state index in [1.807, 2.05) is 20.9 Å². The van der Waals surface area contributed by atoms with Crippen molar-refractivity contribution in [2.75, 3.05) is 20.1 Å². The third-order valence-electron chi connectivity index (χ3n) is 2.50. The van der Waals surface area contributed by atoms with Crippen molar-refractivity contribution in [1.29, 1.82) is 0 Å². The van der Waals surface area contributed by atoms with Gasteiger partial charge in [-0.3, -0.25) is 4.79 Å². The van der Waals surface area contributed by atoms with Crippen LogP contribution in [0.3, 0.4) is 0 Å². The second-order valence-electron chi connectivity index (χ2n) is 4.13. The minimum atomic E-state index is -3.51. The summed E-state index contributed by atoms with van der Waals surface area (Å²) in [5, 5.41) is 2.93. The predicted molar refractivity (Wildman–Crippen MR) is 98.3 cm³/mol. The van der Waals surface area contributed by atoms with Crippen LogP contribution in [0.25, 0.3) is 0 Å². The van der Waals surface area contributed by atoms with Gasteiger partial charge in [-0.05, 0) is 37.9 Å². The Kier molecular flexibility index (Phi) is 11.2. The smallest absolute Gasteiger partial charge is 0.250 e. The maximum absolute atomic E-state index is 11.9. The van der Waals surface area contributed by atoms with E-state index in [0.29, 0.717) is 11.4 Å². The Morgan fingerprint density at radius 2 is 1.79 bits per heavy atom. The highest BCUT2D eigenvalue weighted by Gasteiger charge is 2.20. The molecule has 8 heteroatoms. The minimum absolute atomic E-state index is 0.124. The molecular weight excluding hydrogens is 348 g/mol. The first-order valence-electron chi connectivity index (χ1n) is 7.78. The number of rotatable bonds is 6. The molecule has 2 aromatic heterocycles. The Balaban J connectivity index is 0.000000773. The Morgan fingerprint density at radius 3 is 2.25 bits per heavy atom. The van der Waals surface area contributed by atoms with Crippen molar-refractivity contribution in [1.82, 2.24) is 10.0 Å². The molecule has 0 unspecified atom stereocenters. The molecule has 136 valence electrons. The van der Waals surface area contributed by atoms with Crippen LogP contribution in [0.15, 0.2) is 39.2 Å². The molecule has 24 heavy (non-hydrogen) atoms. The van der Waals surface area contributed by atoms with Gasteiger partial charge in [-0.2, -0.15) is 0 Å². The molecule has 6 nitrogen and oxygen atoms in total. The van der Waals surface area contributed by atoms with Crippen molar-refractivity contribution in [3.63, 3.8) is 0 Å². The first-order valence-corrected chi connectivity index (χ1v) is 10.1. The van der Waals surface area contributed by atoms with Gasteiger partial charge in [0.1, 0.15) is 4.21 Å². The lowest BCUT2D eigenvalue weighted by Crippen LogP contribution is -2.22. The molecule has 2 rings (SSSR count). The van der Waals surface area contributed by atoms with Gasteiger partial charge in [-0.1, -0.05) is 27.7 Å². The average molecular weight is 375 g/mol. The third-order valence-corrected chi connectivity index (χ3v) is 5.62. The van der Waals surface area contributed by atoms with E-state index in [0.717, 1.165) is 17.9 Å². The van der Waals surface area contributed by atoms with Gasteiger partial charge in [0.05, 0.1) is 11.1 Å². The molecule has 2 aromatic rings. The SMILES string of the molecule is CC.CCNC.CCNS(=O)(=O)c1ccc(C(=O)c2ccco2)s1. The molecule has 0 atom stereocenters. The van der Waals surface area contributed by atoms with Crippen molar-refractivity contribution in [2.24, 2.45) is 0 Å². The second kappa shape index (κ2) is 12.0. The number of thiophene rings is 1. The number of nitrogens with one attached hydrogen (secondary N) is 2. The van der Waals surface area contributed by atoms with Gasteiger partial charge < -0.3 is 9.73 Å². The molecule has 0 fully saturated rings. The van der Waals surface area contributed by atoms with Crippen molar-refractivity contribution < 1.29 is 17.6 Å². The lowest BCUT2D eigenvalue weighted by Gasteiger charge is -1.99. The van der Waals surface area contributed by atoms with Gasteiger partial charge in [0.2, 0.25) is 15.8 Å². The monoisotopic (exact) mass is 374 g/mol. The lowest BCUT2D eigenvalue weighted by atomic mass is 10.2. The number of hydrogen-bond acceptors (Lipinski definition) is 6. The van der Waals surface area contributed by atoms with Crippen LogP contribution in [0.4, 0.5) is 0 Å². The van der Waals surface area contributed by atoms with E-state index in [4.69, 9.17) is 4.42 Å². The summed E-state index contributed by atoms with van der Waals surface area (Å²) in [5.41, 5.74) is 0. The fourth-order valence-electron chi connectivity index (χ4n) is 1.38. The molecule has 0 saturated heterocycles. The molecule has 2 N–H and O–H groups in total. The zero-order valence-electron chi connectivity index (χ0n) is 14.8. The Bertz CT molecular complexity index is 675. The first-order chi connectivity index (χ1) is 11.5. The molecular formula is C16H26N2O4S2. The first kappa shape index (κ1) is 22.5. The lowest BCUT2D eigenvalue weighted by molar-refractivity contribution is 0.101. The van der Waals surface area contributed by atoms with Crippen LogP contribution in [0, 0.1) is 0 Å². The van der Waals surface area contributed by atoms with Crippen molar-refractivity contribution >= 4 is 27.1 Å². The summed E-state index contributed by atoms with van der Waals surface area (Å²) in [6, 6.07) is 6.05. The summed E-state index contributed by atoms with van der Waals surface area (Å²) in [6.45, 7) is 9.14. The normalized spacial score (nSPS) is 10.2. The summed E-state index contributed by atoms with van der Waals surface area (Å²) in [5.74, 6) is -0.118. The highest BCUT2D eigenvalue weighted by atomic mass is 32.2. The van der Waals surface area contributed by atoms with E-state index in [1.165, 1.54) is 18.4 Å². The Labute approximate surface area is 148 Å². The van der Waals surface area contributed by atoms with Crippen molar-refractivity contribution in [3.05, 3.63) is 41.2 Å². The zero-order valence-corrected chi connectivity index (χ0v) is 16.4. The third kappa shape index (κ3) is 6.96. The van der Waals surface area contributed by atoms with Crippen LogP contribution in [-0.4, -0.2) is 34.3 Å². The van der Waals surface area contributed by atoms with Crippen LogP contribution in [0.2, 0.25) is 0 Å². The maximum Gasteiger partial charge on any atom is 0.250 e. The Hall–Kier alpha value is -1.48. The summed E-state index contributed by atoms with van der Waals surface area (Å²) < 4.78 is 30.9. The number of carbonyl (C=O) groups is 1. The summed E-state index contributed by atoms with van der Waals surface area (Å²) >= 11 is 0.926. The highest BCUT2D eigenvalue weighted by Crippen LogP contribution is 2.23. The predicted octanol–water partition coefficient (Wildman–Crippen LogP) is 3.12. The van der Waals surface area contributed by atoms with E-state index < -0.39 is 10.0 Å². The van der Waals surface area contributed by atoms with Gasteiger partial charge in [-0.15, -0.1) is 11.3 Å². The molecule has 0 aliphatic rings. The van der Waals surface area contributed by atoms with Gasteiger partial charge >= 0.3 is 0 Å². The summed E-state index contributed by atoms with van der Waals surface area (Å²) in [7, 11) is -1.58. The number of hydrogen-bond donors (Lipinski definition) is 2. The van der Waals surface area contributed by atoms with Crippen molar-refractivity contribution in [3.8, 4) is 0 Å². The quantitative estimate of drug-likeness (QED) is 0.759. The molecule has 0 aromatic carbocycles. The Morgan fingerprint density at radius 1 is 1.17 bits per heavy atom. The number of furan rings is 1. The van der Waals surface area contributed by atoms with Crippen LogP contribution in [0.5, 0.6) is 0 Å². The van der Waals surface area contributed by atoms with Crippen LogP contribution in [0.1, 0.15) is 43.1 Å². The number of sulfonamides is 1. The van der Waals surface area contributed by atoms with Crippen molar-refractivity contribution in [2.45, 2.75) is 31.9 Å². The summed E-state index contributed by atoms with van der Waals surface area (Å²) in [6.07, 6.45) is 1.40. The number of ketones is 1. The largest absolute Gasteiger partial charge is 0.461 e. The van der Waals surface area contributed by atoms with E-state index >= 15 is 0 Å². The highest BCUT2D eigenvalue weighted by molar-refractivity contribution is 7.91. The minimum Gasteiger partial charge on any atom is -0.461 e. The fourth-order valence-corrected chi connectivity index (χ4v) is 3.71. The fraction of sp³-hybridized carbons (Fsp3) is 0.438. The zero-order chi connectivity index (χ0) is 18.6. The topological polar surface area (TPSA) is 88.4 Å². The standard InChI is InChI=1S/C11H11NO4S2.C3H9N.C2H6/c1-2-12-18(14,15)10-6-5-9(17-10)11(13)8-4-3-7-16-8;1-3-4-2;1-2/h3-7,12H,2H2,1H3;4H,3H2,1-2H3;1-2H3. The molecule has 0 radical (unpaired) electrons. The number of carbonyl (C=O) groups excluding carboxylic acids is 1. The van der Waals surface area contributed by atoms with Gasteiger partial charge in [0, 0.05) is 6.54 Å².